The van der Waals surface area contributed by atoms with Crippen LogP contribution in [0.4, 0.5) is 0 Å². The SMILES string of the molecule is COCC(N)c1n[nH]c(C2CC2)n1. The van der Waals surface area contributed by atoms with Crippen molar-refractivity contribution < 1.29 is 4.74 Å². The second kappa shape index (κ2) is 3.43. The number of hydrogen-bond donors (Lipinski definition) is 2. The number of hydrogen-bond acceptors (Lipinski definition) is 4. The largest absolute Gasteiger partial charge is 0.383 e. The molecule has 1 atom stereocenters. The van der Waals surface area contributed by atoms with Crippen molar-refractivity contribution in [1.29, 1.82) is 0 Å². The minimum Gasteiger partial charge on any atom is -0.383 e. The Balaban J connectivity index is 2.03. The summed E-state index contributed by atoms with van der Waals surface area (Å²) < 4.78 is 4.92. The second-order valence-electron chi connectivity index (χ2n) is 3.41. The number of aromatic amines is 1. The molecule has 0 aliphatic heterocycles. The van der Waals surface area contributed by atoms with Crippen LogP contribution in [-0.2, 0) is 4.74 Å². The molecule has 0 spiro atoms. The zero-order valence-electron chi connectivity index (χ0n) is 7.66. The van der Waals surface area contributed by atoms with E-state index in [0.717, 1.165) is 5.82 Å². The van der Waals surface area contributed by atoms with E-state index in [0.29, 0.717) is 18.3 Å². The number of H-pyrrole nitrogens is 1. The van der Waals surface area contributed by atoms with Gasteiger partial charge >= 0.3 is 0 Å². The van der Waals surface area contributed by atoms with Gasteiger partial charge in [0.05, 0.1) is 12.6 Å². The van der Waals surface area contributed by atoms with Gasteiger partial charge in [0.2, 0.25) is 0 Å². The van der Waals surface area contributed by atoms with Crippen LogP contribution in [0.2, 0.25) is 0 Å². The zero-order chi connectivity index (χ0) is 9.26. The molecule has 0 bridgehead atoms. The number of nitrogens with two attached hydrogens (primary N) is 1. The first-order chi connectivity index (χ1) is 6.31. The van der Waals surface area contributed by atoms with Crippen LogP contribution in [0, 0.1) is 0 Å². The van der Waals surface area contributed by atoms with E-state index in [2.05, 4.69) is 15.2 Å². The molecule has 5 heteroatoms. The normalized spacial score (nSPS) is 18.9. The Morgan fingerprint density at radius 3 is 3.08 bits per heavy atom. The maximum Gasteiger partial charge on any atom is 0.169 e. The maximum absolute atomic E-state index is 5.77. The van der Waals surface area contributed by atoms with Crippen molar-refractivity contribution in [2.24, 2.45) is 5.73 Å². The van der Waals surface area contributed by atoms with Crippen LogP contribution >= 0.6 is 0 Å². The Kier molecular flexibility index (Phi) is 2.28. The summed E-state index contributed by atoms with van der Waals surface area (Å²) in [6.07, 6.45) is 2.43. The molecule has 1 aliphatic rings. The Morgan fingerprint density at radius 1 is 1.69 bits per heavy atom. The molecule has 1 unspecified atom stereocenters. The molecule has 1 aromatic rings. The Labute approximate surface area is 76.7 Å². The Hall–Kier alpha value is -0.940. The minimum atomic E-state index is -0.214. The first-order valence-electron chi connectivity index (χ1n) is 4.48. The predicted molar refractivity (Wildman–Crippen MR) is 47.2 cm³/mol. The molecule has 0 aromatic carbocycles. The summed E-state index contributed by atoms with van der Waals surface area (Å²) in [4.78, 5) is 4.32. The van der Waals surface area contributed by atoms with Gasteiger partial charge in [-0.05, 0) is 12.8 Å². The highest BCUT2D eigenvalue weighted by Gasteiger charge is 2.27. The second-order valence-corrected chi connectivity index (χ2v) is 3.41. The van der Waals surface area contributed by atoms with Gasteiger partial charge in [-0.15, -0.1) is 0 Å². The Morgan fingerprint density at radius 2 is 2.46 bits per heavy atom. The summed E-state index contributed by atoms with van der Waals surface area (Å²) in [5.41, 5.74) is 5.77. The molecule has 1 saturated carbocycles. The van der Waals surface area contributed by atoms with Gasteiger partial charge in [0.25, 0.3) is 0 Å². The molecule has 0 radical (unpaired) electrons. The first-order valence-corrected chi connectivity index (χ1v) is 4.48. The van der Waals surface area contributed by atoms with Crippen molar-refractivity contribution in [3.05, 3.63) is 11.6 Å². The van der Waals surface area contributed by atoms with Gasteiger partial charge in [0, 0.05) is 13.0 Å². The Bertz CT molecular complexity index is 281. The molecule has 0 saturated heterocycles. The molecule has 1 heterocycles. The summed E-state index contributed by atoms with van der Waals surface area (Å²) in [7, 11) is 1.62. The summed E-state index contributed by atoms with van der Waals surface area (Å²) in [5, 5.41) is 6.97. The lowest BCUT2D eigenvalue weighted by Gasteiger charge is -2.03. The third-order valence-corrected chi connectivity index (χ3v) is 2.16. The van der Waals surface area contributed by atoms with E-state index in [4.69, 9.17) is 10.5 Å². The molecule has 0 amide bonds. The number of nitrogens with zero attached hydrogens (tertiary/aromatic N) is 2. The number of rotatable bonds is 4. The van der Waals surface area contributed by atoms with E-state index in [9.17, 15) is 0 Å². The van der Waals surface area contributed by atoms with Crippen LogP contribution in [0.25, 0.3) is 0 Å². The fourth-order valence-corrected chi connectivity index (χ4v) is 1.25. The molecular weight excluding hydrogens is 168 g/mol. The third-order valence-electron chi connectivity index (χ3n) is 2.16. The summed E-state index contributed by atoms with van der Waals surface area (Å²) >= 11 is 0. The summed E-state index contributed by atoms with van der Waals surface area (Å²) in [6, 6.07) is -0.214. The molecule has 1 fully saturated rings. The van der Waals surface area contributed by atoms with Crippen molar-refractivity contribution in [3.63, 3.8) is 0 Å². The van der Waals surface area contributed by atoms with Crippen molar-refractivity contribution >= 4 is 0 Å². The van der Waals surface area contributed by atoms with Gasteiger partial charge < -0.3 is 10.5 Å². The van der Waals surface area contributed by atoms with E-state index < -0.39 is 0 Å². The monoisotopic (exact) mass is 182 g/mol. The van der Waals surface area contributed by atoms with Gasteiger partial charge in [0.1, 0.15) is 5.82 Å². The summed E-state index contributed by atoms with van der Waals surface area (Å²) in [6.45, 7) is 0.460. The highest BCUT2D eigenvalue weighted by atomic mass is 16.5. The molecule has 1 aromatic heterocycles. The van der Waals surface area contributed by atoms with Crippen molar-refractivity contribution in [1.82, 2.24) is 15.2 Å². The highest BCUT2D eigenvalue weighted by Crippen LogP contribution is 2.37. The van der Waals surface area contributed by atoms with Crippen LogP contribution in [0.3, 0.4) is 0 Å². The van der Waals surface area contributed by atoms with E-state index >= 15 is 0 Å². The molecule has 3 N–H and O–H groups in total. The average molecular weight is 182 g/mol. The van der Waals surface area contributed by atoms with Crippen LogP contribution in [0.15, 0.2) is 0 Å². The average Bonchev–Trinajstić information content (AvgIpc) is 2.84. The van der Waals surface area contributed by atoms with Gasteiger partial charge in [-0.25, -0.2) is 4.98 Å². The molecule has 1 aliphatic carbocycles. The number of aromatic nitrogens is 3. The quantitative estimate of drug-likeness (QED) is 0.703. The first kappa shape index (κ1) is 8.65. The van der Waals surface area contributed by atoms with Crippen molar-refractivity contribution in [3.8, 4) is 0 Å². The minimum absolute atomic E-state index is 0.214. The van der Waals surface area contributed by atoms with Crippen LogP contribution in [-0.4, -0.2) is 28.9 Å². The standard InChI is InChI=1S/C8H14N4O/c1-13-4-6(9)8-10-7(11-12-8)5-2-3-5/h5-6H,2-4,9H2,1H3,(H,10,11,12). The summed E-state index contributed by atoms with van der Waals surface area (Å²) in [5.74, 6) is 2.22. The molecule has 72 valence electrons. The topological polar surface area (TPSA) is 76.8 Å². The number of ether oxygens (including phenoxy) is 1. The lowest BCUT2D eigenvalue weighted by Crippen LogP contribution is -2.17. The van der Waals surface area contributed by atoms with Crippen molar-refractivity contribution in [2.75, 3.05) is 13.7 Å². The number of methoxy groups -OCH3 is 1. The van der Waals surface area contributed by atoms with E-state index in [1.54, 1.807) is 7.11 Å². The van der Waals surface area contributed by atoms with Gasteiger partial charge in [-0.1, -0.05) is 0 Å². The van der Waals surface area contributed by atoms with Gasteiger partial charge in [-0.3, -0.25) is 5.10 Å². The molecule has 13 heavy (non-hydrogen) atoms. The highest BCUT2D eigenvalue weighted by molar-refractivity contribution is 5.06. The third kappa shape index (κ3) is 1.87. The molecular formula is C8H14N4O. The zero-order valence-corrected chi connectivity index (χ0v) is 7.66. The smallest absolute Gasteiger partial charge is 0.169 e. The fraction of sp³-hybridized carbons (Fsp3) is 0.750. The van der Waals surface area contributed by atoms with Gasteiger partial charge in [-0.2, -0.15) is 5.10 Å². The predicted octanol–water partition coefficient (Wildman–Crippen LogP) is 0.328. The van der Waals surface area contributed by atoms with Crippen molar-refractivity contribution in [2.45, 2.75) is 24.8 Å². The molecule has 5 nitrogen and oxygen atoms in total. The lowest BCUT2D eigenvalue weighted by atomic mass is 10.3. The fourth-order valence-electron chi connectivity index (χ4n) is 1.25. The van der Waals surface area contributed by atoms with Crippen LogP contribution in [0.5, 0.6) is 0 Å². The van der Waals surface area contributed by atoms with E-state index in [1.165, 1.54) is 12.8 Å². The van der Waals surface area contributed by atoms with E-state index in [-0.39, 0.29) is 6.04 Å². The number of nitrogens with one attached hydrogen (secondary N) is 1. The maximum atomic E-state index is 5.77. The van der Waals surface area contributed by atoms with Gasteiger partial charge in [0.15, 0.2) is 5.82 Å². The molecule has 2 rings (SSSR count). The van der Waals surface area contributed by atoms with Crippen LogP contribution in [0.1, 0.15) is 36.5 Å². The van der Waals surface area contributed by atoms with Crippen LogP contribution < -0.4 is 5.73 Å². The van der Waals surface area contributed by atoms with E-state index in [1.807, 2.05) is 0 Å². The lowest BCUT2D eigenvalue weighted by molar-refractivity contribution is 0.178.